The first-order valence-corrected chi connectivity index (χ1v) is 7.46. The number of ether oxygens (including phenoxy) is 1. The van der Waals surface area contributed by atoms with E-state index in [4.69, 9.17) is 9.84 Å². The zero-order valence-electron chi connectivity index (χ0n) is 12.6. The first kappa shape index (κ1) is 17.5. The Kier molecular flexibility index (Phi) is 6.20. The molecule has 0 saturated heterocycles. The molecule has 1 unspecified atom stereocenters. The molecular formula is C15H20BrNO4. The second-order valence-corrected chi connectivity index (χ2v) is 6.15. The van der Waals surface area contributed by atoms with Gasteiger partial charge in [-0.2, -0.15) is 0 Å². The normalized spacial score (nSPS) is 12.1. The number of carboxylic acid groups (broad SMARTS) is 1. The Hall–Kier alpha value is -1.56. The number of hydrogen-bond donors (Lipinski definition) is 1. The van der Waals surface area contributed by atoms with Crippen molar-refractivity contribution in [2.24, 2.45) is 5.92 Å². The third kappa shape index (κ3) is 5.04. The Morgan fingerprint density at radius 2 is 1.95 bits per heavy atom. The summed E-state index contributed by atoms with van der Waals surface area (Å²) in [5.74, 6) is -1.32. The van der Waals surface area contributed by atoms with Gasteiger partial charge >= 0.3 is 5.97 Å². The van der Waals surface area contributed by atoms with E-state index in [1.807, 2.05) is 13.8 Å². The van der Waals surface area contributed by atoms with Crippen LogP contribution in [-0.4, -0.2) is 41.6 Å². The molecular weight excluding hydrogens is 338 g/mol. The van der Waals surface area contributed by atoms with Crippen molar-refractivity contribution in [1.82, 2.24) is 4.90 Å². The van der Waals surface area contributed by atoms with E-state index in [0.717, 1.165) is 4.47 Å². The summed E-state index contributed by atoms with van der Waals surface area (Å²) in [6.07, 6.45) is -0.0610. The summed E-state index contributed by atoms with van der Waals surface area (Å²) in [6, 6.07) is 5.17. The van der Waals surface area contributed by atoms with Crippen molar-refractivity contribution in [1.29, 1.82) is 0 Å². The summed E-state index contributed by atoms with van der Waals surface area (Å²) in [7, 11) is 1.59. The minimum atomic E-state index is -0.927. The molecule has 1 N–H and O–H groups in total. The summed E-state index contributed by atoms with van der Waals surface area (Å²) in [6.45, 7) is 5.47. The van der Waals surface area contributed by atoms with Crippen molar-refractivity contribution < 1.29 is 19.4 Å². The second kappa shape index (κ2) is 7.45. The molecule has 0 fully saturated rings. The molecule has 0 aliphatic carbocycles. The van der Waals surface area contributed by atoms with Crippen LogP contribution in [0, 0.1) is 5.92 Å². The molecule has 0 radical (unpaired) electrons. The minimum Gasteiger partial charge on any atom is -0.490 e. The number of nitrogens with zero attached hydrogens (tertiary/aromatic N) is 1. The van der Waals surface area contributed by atoms with Gasteiger partial charge in [0.1, 0.15) is 5.75 Å². The third-order valence-electron chi connectivity index (χ3n) is 2.85. The molecule has 0 aromatic heterocycles. The molecule has 0 aliphatic heterocycles. The number of aliphatic carboxylic acids is 1. The van der Waals surface area contributed by atoms with Gasteiger partial charge in [-0.25, -0.2) is 0 Å². The molecule has 6 heteroatoms. The molecule has 0 saturated carbocycles. The Balaban J connectivity index is 2.98. The monoisotopic (exact) mass is 357 g/mol. The topological polar surface area (TPSA) is 66.8 Å². The molecule has 0 heterocycles. The zero-order valence-corrected chi connectivity index (χ0v) is 14.2. The summed E-state index contributed by atoms with van der Waals surface area (Å²) >= 11 is 3.35. The maximum absolute atomic E-state index is 12.5. The van der Waals surface area contributed by atoms with Crippen molar-refractivity contribution in [2.75, 3.05) is 13.6 Å². The van der Waals surface area contributed by atoms with Crippen LogP contribution in [0.3, 0.4) is 0 Å². The zero-order chi connectivity index (χ0) is 16.2. The lowest BCUT2D eigenvalue weighted by atomic mass is 10.1. The first-order chi connectivity index (χ1) is 9.72. The van der Waals surface area contributed by atoms with Gasteiger partial charge in [-0.3, -0.25) is 9.59 Å². The van der Waals surface area contributed by atoms with E-state index in [1.165, 1.54) is 4.90 Å². The van der Waals surface area contributed by atoms with Crippen molar-refractivity contribution >= 4 is 27.8 Å². The molecule has 116 valence electrons. The number of halogens is 1. The van der Waals surface area contributed by atoms with E-state index in [2.05, 4.69) is 15.9 Å². The maximum atomic E-state index is 12.5. The average molecular weight is 358 g/mol. The quantitative estimate of drug-likeness (QED) is 0.849. The molecule has 0 spiro atoms. The van der Waals surface area contributed by atoms with E-state index in [1.54, 1.807) is 32.2 Å². The standard InChI is InChI=1S/C15H20BrNO4/c1-9(2)21-13-7-11(16)5-6-12(13)14(18)17(4)8-10(3)15(19)20/h5-7,9-10H,8H2,1-4H3,(H,19,20). The fraction of sp³-hybridized carbons (Fsp3) is 0.467. The molecule has 1 atom stereocenters. The molecule has 1 aromatic carbocycles. The van der Waals surface area contributed by atoms with E-state index in [9.17, 15) is 9.59 Å². The minimum absolute atomic E-state index is 0.0610. The Morgan fingerprint density at radius 3 is 2.48 bits per heavy atom. The van der Waals surface area contributed by atoms with E-state index >= 15 is 0 Å². The van der Waals surface area contributed by atoms with Crippen LogP contribution < -0.4 is 4.74 Å². The maximum Gasteiger partial charge on any atom is 0.308 e. The molecule has 5 nitrogen and oxygen atoms in total. The Bertz CT molecular complexity index is 530. The van der Waals surface area contributed by atoms with Crippen molar-refractivity contribution in [2.45, 2.75) is 26.9 Å². The van der Waals surface area contributed by atoms with Crippen LogP contribution in [0.15, 0.2) is 22.7 Å². The Morgan fingerprint density at radius 1 is 1.33 bits per heavy atom. The predicted molar refractivity (Wildman–Crippen MR) is 83.7 cm³/mol. The van der Waals surface area contributed by atoms with Crippen LogP contribution in [0.2, 0.25) is 0 Å². The average Bonchev–Trinajstić information content (AvgIpc) is 2.37. The highest BCUT2D eigenvalue weighted by molar-refractivity contribution is 9.10. The van der Waals surface area contributed by atoms with Crippen molar-refractivity contribution in [3.05, 3.63) is 28.2 Å². The molecule has 0 bridgehead atoms. The first-order valence-electron chi connectivity index (χ1n) is 6.66. The largest absolute Gasteiger partial charge is 0.490 e. The van der Waals surface area contributed by atoms with Crippen LogP contribution in [0.25, 0.3) is 0 Å². The summed E-state index contributed by atoms with van der Waals surface area (Å²) in [5.41, 5.74) is 0.423. The molecule has 0 aliphatic rings. The number of carbonyl (C=O) groups is 2. The van der Waals surface area contributed by atoms with Gasteiger partial charge in [-0.15, -0.1) is 0 Å². The number of benzene rings is 1. The van der Waals surface area contributed by atoms with Crippen molar-refractivity contribution in [3.8, 4) is 5.75 Å². The van der Waals surface area contributed by atoms with Gasteiger partial charge in [0, 0.05) is 18.1 Å². The second-order valence-electron chi connectivity index (χ2n) is 5.23. The van der Waals surface area contributed by atoms with Crippen LogP contribution in [0.1, 0.15) is 31.1 Å². The fourth-order valence-electron chi connectivity index (χ4n) is 1.80. The van der Waals surface area contributed by atoms with Crippen LogP contribution >= 0.6 is 15.9 Å². The predicted octanol–water partition coefficient (Wildman–Crippen LogP) is 3.03. The smallest absolute Gasteiger partial charge is 0.308 e. The van der Waals surface area contributed by atoms with Gasteiger partial charge in [0.25, 0.3) is 5.91 Å². The van der Waals surface area contributed by atoms with Crippen LogP contribution in [0.4, 0.5) is 0 Å². The number of carbonyl (C=O) groups excluding carboxylic acids is 1. The van der Waals surface area contributed by atoms with Gasteiger partial charge in [0.05, 0.1) is 17.6 Å². The number of rotatable bonds is 6. The number of hydrogen-bond acceptors (Lipinski definition) is 3. The fourth-order valence-corrected chi connectivity index (χ4v) is 2.14. The number of carboxylic acids is 1. The molecule has 1 rings (SSSR count). The van der Waals surface area contributed by atoms with Gasteiger partial charge < -0.3 is 14.7 Å². The highest BCUT2D eigenvalue weighted by Gasteiger charge is 2.21. The molecule has 21 heavy (non-hydrogen) atoms. The molecule has 1 aromatic rings. The van der Waals surface area contributed by atoms with Crippen LogP contribution in [-0.2, 0) is 4.79 Å². The van der Waals surface area contributed by atoms with Gasteiger partial charge in [-0.1, -0.05) is 22.9 Å². The lowest BCUT2D eigenvalue weighted by molar-refractivity contribution is -0.141. The lowest BCUT2D eigenvalue weighted by Crippen LogP contribution is -2.34. The lowest BCUT2D eigenvalue weighted by Gasteiger charge is -2.21. The van der Waals surface area contributed by atoms with E-state index in [0.29, 0.717) is 11.3 Å². The summed E-state index contributed by atoms with van der Waals surface area (Å²) < 4.78 is 6.47. The molecule has 1 amide bonds. The van der Waals surface area contributed by atoms with Gasteiger partial charge in [-0.05, 0) is 32.0 Å². The summed E-state index contributed by atoms with van der Waals surface area (Å²) in [5, 5.41) is 8.92. The summed E-state index contributed by atoms with van der Waals surface area (Å²) in [4.78, 5) is 24.7. The highest BCUT2D eigenvalue weighted by Crippen LogP contribution is 2.26. The van der Waals surface area contributed by atoms with E-state index in [-0.39, 0.29) is 18.6 Å². The Labute approximate surface area is 133 Å². The van der Waals surface area contributed by atoms with E-state index < -0.39 is 11.9 Å². The highest BCUT2D eigenvalue weighted by atomic mass is 79.9. The van der Waals surface area contributed by atoms with Gasteiger partial charge in [0.2, 0.25) is 0 Å². The third-order valence-corrected chi connectivity index (χ3v) is 3.35. The SMILES string of the molecule is CC(C)Oc1cc(Br)ccc1C(=O)N(C)CC(C)C(=O)O. The van der Waals surface area contributed by atoms with Crippen LogP contribution in [0.5, 0.6) is 5.75 Å². The van der Waals surface area contributed by atoms with Gasteiger partial charge in [0.15, 0.2) is 0 Å². The van der Waals surface area contributed by atoms with Crippen molar-refractivity contribution in [3.63, 3.8) is 0 Å². The number of amides is 1.